The van der Waals surface area contributed by atoms with Gasteiger partial charge < -0.3 is 20.7 Å². The number of hydrogen-bond donors (Lipinski definition) is 2. The van der Waals surface area contributed by atoms with E-state index in [0.29, 0.717) is 38.3 Å². The van der Waals surface area contributed by atoms with Gasteiger partial charge in [0.25, 0.3) is 5.91 Å². The maximum atomic E-state index is 13.7. The molecule has 0 radical (unpaired) electrons. The van der Waals surface area contributed by atoms with Crippen molar-refractivity contribution in [1.82, 2.24) is 9.88 Å². The number of amides is 3. The van der Waals surface area contributed by atoms with Crippen molar-refractivity contribution in [3.05, 3.63) is 53.9 Å². The second-order valence-electron chi connectivity index (χ2n) is 6.51. The number of ether oxygens (including phenoxy) is 1. The van der Waals surface area contributed by atoms with Crippen molar-refractivity contribution in [2.24, 2.45) is 11.7 Å². The lowest BCUT2D eigenvalue weighted by atomic mass is 9.98. The standard InChI is InChI=1S/C19H20F2N4O3/c20-14-2-1-3-15(21)17(14)24-19(27)25-8-5-12(6-9-25)11-28-13-4-7-23-16(10-13)18(22)26/h1-4,7,10,12H,5-6,8-9,11H2,(H2,22,26)(H,24,27). The second kappa shape index (κ2) is 8.64. The molecule has 0 atom stereocenters. The Morgan fingerprint density at radius 2 is 1.89 bits per heavy atom. The number of nitrogens with one attached hydrogen (secondary N) is 1. The molecule has 9 heteroatoms. The first-order valence-corrected chi connectivity index (χ1v) is 8.82. The van der Waals surface area contributed by atoms with Gasteiger partial charge in [-0.25, -0.2) is 13.6 Å². The van der Waals surface area contributed by atoms with Gasteiger partial charge in [-0.15, -0.1) is 0 Å². The largest absolute Gasteiger partial charge is 0.493 e. The summed E-state index contributed by atoms with van der Waals surface area (Å²) in [6.07, 6.45) is 2.81. The van der Waals surface area contributed by atoms with Gasteiger partial charge >= 0.3 is 6.03 Å². The minimum atomic E-state index is -0.815. The summed E-state index contributed by atoms with van der Waals surface area (Å²) in [5, 5.41) is 2.29. The maximum absolute atomic E-state index is 13.7. The first-order chi connectivity index (χ1) is 13.4. The van der Waals surface area contributed by atoms with Gasteiger partial charge in [-0.2, -0.15) is 0 Å². The summed E-state index contributed by atoms with van der Waals surface area (Å²) in [4.78, 5) is 28.8. The number of nitrogens with zero attached hydrogens (tertiary/aromatic N) is 2. The van der Waals surface area contributed by atoms with Crippen molar-refractivity contribution < 1.29 is 23.1 Å². The Morgan fingerprint density at radius 1 is 1.21 bits per heavy atom. The van der Waals surface area contributed by atoms with E-state index in [4.69, 9.17) is 10.5 Å². The lowest BCUT2D eigenvalue weighted by Gasteiger charge is -2.32. The van der Waals surface area contributed by atoms with Crippen molar-refractivity contribution in [1.29, 1.82) is 0 Å². The Bertz CT molecular complexity index is 850. The van der Waals surface area contributed by atoms with Gasteiger partial charge in [0.05, 0.1) is 6.61 Å². The fourth-order valence-corrected chi connectivity index (χ4v) is 2.96. The molecular formula is C19H20F2N4O3. The number of carbonyl (C=O) groups is 2. The van der Waals surface area contributed by atoms with E-state index in [1.807, 2.05) is 0 Å². The normalized spacial score (nSPS) is 14.6. The minimum Gasteiger partial charge on any atom is -0.493 e. The number of carbonyl (C=O) groups excluding carboxylic acids is 2. The Labute approximate surface area is 160 Å². The smallest absolute Gasteiger partial charge is 0.322 e. The number of halogens is 2. The summed E-state index contributed by atoms with van der Waals surface area (Å²) >= 11 is 0. The summed E-state index contributed by atoms with van der Waals surface area (Å²) in [6.45, 7) is 1.30. The van der Waals surface area contributed by atoms with E-state index in [1.165, 1.54) is 23.2 Å². The topological polar surface area (TPSA) is 97.6 Å². The predicted octanol–water partition coefficient (Wildman–Crippen LogP) is 2.78. The zero-order valence-electron chi connectivity index (χ0n) is 15.0. The fourth-order valence-electron chi connectivity index (χ4n) is 2.96. The quantitative estimate of drug-likeness (QED) is 0.820. The van der Waals surface area contributed by atoms with Crippen molar-refractivity contribution in [2.75, 3.05) is 25.0 Å². The number of pyridine rings is 1. The van der Waals surface area contributed by atoms with Crippen LogP contribution in [-0.2, 0) is 0 Å². The highest BCUT2D eigenvalue weighted by Crippen LogP contribution is 2.22. The van der Waals surface area contributed by atoms with Crippen molar-refractivity contribution in [3.63, 3.8) is 0 Å². The van der Waals surface area contributed by atoms with Gasteiger partial charge in [0.1, 0.15) is 28.8 Å². The van der Waals surface area contributed by atoms with Gasteiger partial charge in [0.15, 0.2) is 0 Å². The number of nitrogens with two attached hydrogens (primary N) is 1. The average Bonchev–Trinajstić information content (AvgIpc) is 2.70. The zero-order chi connectivity index (χ0) is 20.1. The number of benzene rings is 1. The number of primary amides is 1. The van der Waals surface area contributed by atoms with Gasteiger partial charge in [0, 0.05) is 25.4 Å². The van der Waals surface area contributed by atoms with Crippen molar-refractivity contribution in [3.8, 4) is 5.75 Å². The van der Waals surface area contributed by atoms with Crippen LogP contribution < -0.4 is 15.8 Å². The molecule has 0 unspecified atom stereocenters. The van der Waals surface area contributed by atoms with Crippen LogP contribution in [0.15, 0.2) is 36.5 Å². The molecule has 2 aromatic rings. The monoisotopic (exact) mass is 390 g/mol. The molecule has 1 aliphatic heterocycles. The van der Waals surface area contributed by atoms with Crippen LogP contribution >= 0.6 is 0 Å². The molecule has 1 aromatic carbocycles. The number of piperidine rings is 1. The zero-order valence-corrected chi connectivity index (χ0v) is 15.0. The maximum Gasteiger partial charge on any atom is 0.322 e. The molecule has 7 nitrogen and oxygen atoms in total. The lowest BCUT2D eigenvalue weighted by molar-refractivity contribution is 0.0995. The third kappa shape index (κ3) is 4.73. The molecule has 1 aliphatic rings. The molecule has 1 saturated heterocycles. The highest BCUT2D eigenvalue weighted by Gasteiger charge is 2.24. The minimum absolute atomic E-state index is 0.129. The summed E-state index contributed by atoms with van der Waals surface area (Å²) in [5.74, 6) is -1.55. The molecule has 3 rings (SSSR count). The Hall–Kier alpha value is -3.23. The van der Waals surface area contributed by atoms with Crippen LogP contribution in [0.2, 0.25) is 0 Å². The molecule has 0 bridgehead atoms. The molecule has 0 aliphatic carbocycles. The van der Waals surface area contributed by atoms with Crippen LogP contribution in [0.1, 0.15) is 23.3 Å². The van der Waals surface area contributed by atoms with Crippen molar-refractivity contribution >= 4 is 17.6 Å². The fraction of sp³-hybridized carbons (Fsp3) is 0.316. The molecule has 3 amide bonds. The predicted molar refractivity (Wildman–Crippen MR) is 97.9 cm³/mol. The second-order valence-corrected chi connectivity index (χ2v) is 6.51. The van der Waals surface area contributed by atoms with E-state index in [-0.39, 0.29) is 11.6 Å². The van der Waals surface area contributed by atoms with Gasteiger partial charge in [-0.05, 0) is 37.0 Å². The van der Waals surface area contributed by atoms with E-state index in [1.54, 1.807) is 6.07 Å². The van der Waals surface area contributed by atoms with Crippen LogP contribution in [0.4, 0.5) is 19.3 Å². The van der Waals surface area contributed by atoms with Crippen LogP contribution in [0.25, 0.3) is 0 Å². The number of likely N-dealkylation sites (tertiary alicyclic amines) is 1. The Balaban J connectivity index is 1.48. The van der Waals surface area contributed by atoms with Gasteiger partial charge in [-0.1, -0.05) is 6.07 Å². The molecule has 1 fully saturated rings. The van der Waals surface area contributed by atoms with Crippen LogP contribution in [0, 0.1) is 17.6 Å². The third-order valence-corrected chi connectivity index (χ3v) is 4.57. The number of hydrogen-bond acceptors (Lipinski definition) is 4. The molecule has 1 aromatic heterocycles. The highest BCUT2D eigenvalue weighted by atomic mass is 19.1. The first kappa shape index (κ1) is 19.5. The van der Waals surface area contributed by atoms with E-state index in [2.05, 4.69) is 10.3 Å². The summed E-state index contributed by atoms with van der Waals surface area (Å²) in [6, 6.07) is 5.99. The number of anilines is 1. The number of rotatable bonds is 5. The molecular weight excluding hydrogens is 370 g/mol. The molecule has 0 saturated carbocycles. The highest BCUT2D eigenvalue weighted by molar-refractivity contribution is 5.91. The van der Waals surface area contributed by atoms with Crippen molar-refractivity contribution in [2.45, 2.75) is 12.8 Å². The number of aromatic nitrogens is 1. The van der Waals surface area contributed by atoms with Crippen LogP contribution in [0.5, 0.6) is 5.75 Å². The molecule has 2 heterocycles. The van der Waals surface area contributed by atoms with Gasteiger partial charge in [0.2, 0.25) is 0 Å². The SMILES string of the molecule is NC(=O)c1cc(OCC2CCN(C(=O)Nc3c(F)cccc3F)CC2)ccn1. The summed E-state index contributed by atoms with van der Waals surface area (Å²) in [5.41, 5.74) is 4.88. The van der Waals surface area contributed by atoms with E-state index < -0.39 is 29.3 Å². The summed E-state index contributed by atoms with van der Waals surface area (Å²) < 4.78 is 33.0. The Kier molecular flexibility index (Phi) is 6.03. The average molecular weight is 390 g/mol. The number of para-hydroxylation sites is 1. The lowest BCUT2D eigenvalue weighted by Crippen LogP contribution is -2.42. The summed E-state index contributed by atoms with van der Waals surface area (Å²) in [7, 11) is 0. The van der Waals surface area contributed by atoms with Crippen LogP contribution in [0.3, 0.4) is 0 Å². The van der Waals surface area contributed by atoms with E-state index in [0.717, 1.165) is 12.1 Å². The first-order valence-electron chi connectivity index (χ1n) is 8.82. The van der Waals surface area contributed by atoms with Crippen LogP contribution in [-0.4, -0.2) is 41.5 Å². The van der Waals surface area contributed by atoms with E-state index in [9.17, 15) is 18.4 Å². The Morgan fingerprint density at radius 3 is 2.54 bits per heavy atom. The molecule has 28 heavy (non-hydrogen) atoms. The number of urea groups is 1. The molecule has 3 N–H and O–H groups in total. The molecule has 148 valence electrons. The van der Waals surface area contributed by atoms with E-state index >= 15 is 0 Å². The van der Waals surface area contributed by atoms with Gasteiger partial charge in [-0.3, -0.25) is 9.78 Å². The molecule has 0 spiro atoms. The third-order valence-electron chi connectivity index (χ3n) is 4.57.